The van der Waals surface area contributed by atoms with Crippen LogP contribution in [0.15, 0.2) is 36.5 Å². The summed E-state index contributed by atoms with van der Waals surface area (Å²) in [5.74, 6) is -0.734. The molecule has 0 bridgehead atoms. The number of methoxy groups -OCH3 is 1. The van der Waals surface area contributed by atoms with E-state index < -0.39 is 18.0 Å². The molecule has 1 atom stereocenters. The first kappa shape index (κ1) is 18.0. The average Bonchev–Trinajstić information content (AvgIpc) is 2.57. The van der Waals surface area contributed by atoms with Gasteiger partial charge < -0.3 is 14.8 Å². The number of halogens is 2. The van der Waals surface area contributed by atoms with E-state index in [0.717, 1.165) is 0 Å². The number of nitrogens with one attached hydrogen (secondary N) is 1. The largest absolute Gasteiger partial charge is 0.495 e. The second kappa shape index (κ2) is 7.99. The van der Waals surface area contributed by atoms with Crippen molar-refractivity contribution in [3.63, 3.8) is 0 Å². The summed E-state index contributed by atoms with van der Waals surface area (Å²) in [5, 5.41) is 2.84. The van der Waals surface area contributed by atoms with E-state index in [4.69, 9.17) is 32.7 Å². The summed E-state index contributed by atoms with van der Waals surface area (Å²) < 4.78 is 10.2. The van der Waals surface area contributed by atoms with Gasteiger partial charge in [0, 0.05) is 6.20 Å². The van der Waals surface area contributed by atoms with Crippen LogP contribution in [0.3, 0.4) is 0 Å². The van der Waals surface area contributed by atoms with Crippen LogP contribution >= 0.6 is 23.2 Å². The lowest BCUT2D eigenvalue weighted by Gasteiger charge is -2.15. The van der Waals surface area contributed by atoms with Gasteiger partial charge in [0.05, 0.1) is 23.4 Å². The quantitative estimate of drug-likeness (QED) is 0.644. The van der Waals surface area contributed by atoms with Crippen molar-refractivity contribution in [2.45, 2.75) is 13.0 Å². The zero-order chi connectivity index (χ0) is 17.7. The van der Waals surface area contributed by atoms with E-state index in [-0.39, 0.29) is 15.7 Å². The monoisotopic (exact) mass is 368 g/mol. The minimum atomic E-state index is -1.03. The highest BCUT2D eigenvalue weighted by Gasteiger charge is 2.20. The highest BCUT2D eigenvalue weighted by Crippen LogP contribution is 2.23. The Morgan fingerprint density at radius 3 is 2.62 bits per heavy atom. The third-order valence-corrected chi connectivity index (χ3v) is 3.74. The number of nitrogens with zero attached hydrogens (tertiary/aromatic N) is 1. The highest BCUT2D eigenvalue weighted by atomic mass is 35.5. The van der Waals surface area contributed by atoms with Gasteiger partial charge in [-0.25, -0.2) is 9.78 Å². The number of ether oxygens (including phenoxy) is 2. The lowest BCUT2D eigenvalue weighted by atomic mass is 10.2. The van der Waals surface area contributed by atoms with Gasteiger partial charge >= 0.3 is 5.97 Å². The molecule has 0 aliphatic heterocycles. The number of aromatic nitrogens is 1. The number of hydrogen-bond donors (Lipinski definition) is 1. The molecule has 0 unspecified atom stereocenters. The van der Waals surface area contributed by atoms with E-state index in [9.17, 15) is 9.59 Å². The van der Waals surface area contributed by atoms with Crippen molar-refractivity contribution < 1.29 is 19.1 Å². The summed E-state index contributed by atoms with van der Waals surface area (Å²) in [6, 6.07) is 8.22. The molecule has 1 heterocycles. The van der Waals surface area contributed by atoms with Crippen molar-refractivity contribution in [1.82, 2.24) is 4.98 Å². The molecule has 1 aromatic carbocycles. The molecule has 0 saturated carbocycles. The number of pyridine rings is 1. The number of para-hydroxylation sites is 2. The zero-order valence-corrected chi connectivity index (χ0v) is 14.4. The Morgan fingerprint density at radius 2 is 1.96 bits per heavy atom. The molecule has 0 fully saturated rings. The fourth-order valence-electron chi connectivity index (χ4n) is 1.80. The van der Waals surface area contributed by atoms with Gasteiger partial charge in [0.15, 0.2) is 6.10 Å². The number of benzene rings is 1. The van der Waals surface area contributed by atoms with E-state index in [2.05, 4.69) is 10.3 Å². The van der Waals surface area contributed by atoms with E-state index in [0.29, 0.717) is 11.4 Å². The predicted molar refractivity (Wildman–Crippen MR) is 90.8 cm³/mol. The van der Waals surface area contributed by atoms with Gasteiger partial charge in [-0.15, -0.1) is 0 Å². The molecular formula is C16H14Cl2N2O4. The first-order valence-corrected chi connectivity index (χ1v) is 7.64. The second-order valence-corrected chi connectivity index (χ2v) is 5.50. The lowest BCUT2D eigenvalue weighted by molar-refractivity contribution is -0.123. The number of amides is 1. The molecule has 126 valence electrons. The summed E-state index contributed by atoms with van der Waals surface area (Å²) in [5.41, 5.74) is 0.574. The molecule has 24 heavy (non-hydrogen) atoms. The van der Waals surface area contributed by atoms with Crippen LogP contribution in [0.4, 0.5) is 5.69 Å². The minimum Gasteiger partial charge on any atom is -0.495 e. The summed E-state index contributed by atoms with van der Waals surface area (Å²) >= 11 is 11.5. The fourth-order valence-corrected chi connectivity index (χ4v) is 2.07. The molecule has 0 radical (unpaired) electrons. The van der Waals surface area contributed by atoms with E-state index in [1.807, 2.05) is 0 Å². The van der Waals surface area contributed by atoms with Crippen LogP contribution in [0.1, 0.15) is 17.3 Å². The first-order valence-electron chi connectivity index (χ1n) is 6.88. The van der Waals surface area contributed by atoms with Crippen molar-refractivity contribution in [2.24, 2.45) is 0 Å². The van der Waals surface area contributed by atoms with Crippen LogP contribution in [-0.4, -0.2) is 30.1 Å². The van der Waals surface area contributed by atoms with Crippen molar-refractivity contribution >= 4 is 40.8 Å². The molecule has 0 saturated heterocycles. The summed E-state index contributed by atoms with van der Waals surface area (Å²) in [6.45, 7) is 1.45. The van der Waals surface area contributed by atoms with Crippen LogP contribution in [0.25, 0.3) is 0 Å². The number of carbonyl (C=O) groups is 2. The minimum absolute atomic E-state index is 0.0789. The van der Waals surface area contributed by atoms with E-state index in [1.54, 1.807) is 24.3 Å². The Morgan fingerprint density at radius 1 is 1.25 bits per heavy atom. The molecule has 0 aliphatic rings. The normalized spacial score (nSPS) is 11.5. The van der Waals surface area contributed by atoms with Gasteiger partial charge in [-0.3, -0.25) is 4.79 Å². The van der Waals surface area contributed by atoms with Gasteiger partial charge in [-0.2, -0.15) is 0 Å². The molecule has 2 rings (SSSR count). The van der Waals surface area contributed by atoms with Crippen LogP contribution in [0.2, 0.25) is 10.2 Å². The van der Waals surface area contributed by atoms with Crippen LogP contribution in [0.5, 0.6) is 5.75 Å². The SMILES string of the molecule is COc1ccccc1NC(=O)[C@H](C)OC(=O)c1cnc(Cl)c(Cl)c1. The van der Waals surface area contributed by atoms with Crippen LogP contribution in [0, 0.1) is 0 Å². The van der Waals surface area contributed by atoms with Gasteiger partial charge in [-0.1, -0.05) is 35.3 Å². The maximum atomic E-state index is 12.2. The Balaban J connectivity index is 2.03. The Kier molecular flexibility index (Phi) is 6.00. The van der Waals surface area contributed by atoms with Crippen molar-refractivity contribution in [3.05, 3.63) is 52.3 Å². The summed E-state index contributed by atoms with van der Waals surface area (Å²) in [6.07, 6.45) is 0.193. The number of hydrogen-bond acceptors (Lipinski definition) is 5. The van der Waals surface area contributed by atoms with Gasteiger partial charge in [0.25, 0.3) is 5.91 Å². The van der Waals surface area contributed by atoms with Gasteiger partial charge in [-0.05, 0) is 25.1 Å². The molecule has 2 aromatic rings. The summed E-state index contributed by atoms with van der Waals surface area (Å²) in [4.78, 5) is 27.9. The maximum absolute atomic E-state index is 12.2. The smallest absolute Gasteiger partial charge is 0.340 e. The standard InChI is InChI=1S/C16H14Cl2N2O4/c1-9(15(21)20-12-5-3-4-6-13(12)23-2)24-16(22)10-7-11(17)14(18)19-8-10/h3-9H,1-2H3,(H,20,21)/t9-/m0/s1. The topological polar surface area (TPSA) is 77.5 Å². The Hall–Kier alpha value is -2.31. The first-order chi connectivity index (χ1) is 11.4. The van der Waals surface area contributed by atoms with Gasteiger partial charge in [0.2, 0.25) is 0 Å². The van der Waals surface area contributed by atoms with Crippen molar-refractivity contribution in [1.29, 1.82) is 0 Å². The zero-order valence-electron chi connectivity index (χ0n) is 12.9. The van der Waals surface area contributed by atoms with E-state index >= 15 is 0 Å². The number of anilines is 1. The lowest BCUT2D eigenvalue weighted by Crippen LogP contribution is -2.30. The predicted octanol–water partition coefficient (Wildman–Crippen LogP) is 3.58. The fraction of sp³-hybridized carbons (Fsp3) is 0.188. The molecule has 1 aromatic heterocycles. The molecule has 8 heteroatoms. The molecule has 0 spiro atoms. The number of rotatable bonds is 5. The molecule has 1 N–H and O–H groups in total. The van der Waals surface area contributed by atoms with Crippen molar-refractivity contribution in [3.8, 4) is 5.75 Å². The number of carbonyl (C=O) groups excluding carboxylic acids is 2. The number of esters is 1. The Bertz CT molecular complexity index is 767. The Labute approximate surface area is 148 Å². The van der Waals surface area contributed by atoms with Crippen LogP contribution < -0.4 is 10.1 Å². The third-order valence-electron chi connectivity index (χ3n) is 3.05. The van der Waals surface area contributed by atoms with E-state index in [1.165, 1.54) is 26.3 Å². The average molecular weight is 369 g/mol. The van der Waals surface area contributed by atoms with Crippen molar-refractivity contribution in [2.75, 3.05) is 12.4 Å². The molecule has 1 amide bonds. The highest BCUT2D eigenvalue weighted by molar-refractivity contribution is 6.41. The molecule has 0 aliphatic carbocycles. The molecule has 6 nitrogen and oxygen atoms in total. The third kappa shape index (κ3) is 4.37. The second-order valence-electron chi connectivity index (χ2n) is 4.73. The molecular weight excluding hydrogens is 355 g/mol. The van der Waals surface area contributed by atoms with Gasteiger partial charge in [0.1, 0.15) is 10.9 Å². The maximum Gasteiger partial charge on any atom is 0.340 e. The summed E-state index contributed by atoms with van der Waals surface area (Å²) in [7, 11) is 1.49. The van der Waals surface area contributed by atoms with Crippen LogP contribution in [-0.2, 0) is 9.53 Å².